The molecule has 1 nitrogen and oxygen atoms in total. The van der Waals surface area contributed by atoms with Gasteiger partial charge < -0.3 is 24.0 Å². The number of rotatable bonds is 2. The SMILES string of the molecule is CC[N+]1=C(C)C(C)(C)c2cc(-c3ccccc3)ccc21.[I-]. The zero-order chi connectivity index (χ0) is 14.3. The second kappa shape index (κ2) is 5.91. The lowest BCUT2D eigenvalue weighted by Crippen LogP contribution is -3.00. The van der Waals surface area contributed by atoms with E-state index in [2.05, 4.69) is 80.8 Å². The van der Waals surface area contributed by atoms with Gasteiger partial charge in [0.25, 0.3) is 0 Å². The van der Waals surface area contributed by atoms with E-state index in [-0.39, 0.29) is 29.4 Å². The molecule has 21 heavy (non-hydrogen) atoms. The fourth-order valence-corrected chi connectivity index (χ4v) is 3.20. The maximum Gasteiger partial charge on any atom is 0.209 e. The van der Waals surface area contributed by atoms with Crippen molar-refractivity contribution in [2.24, 2.45) is 0 Å². The Hall–Kier alpha value is -1.16. The summed E-state index contributed by atoms with van der Waals surface area (Å²) in [6, 6.07) is 17.5. The van der Waals surface area contributed by atoms with E-state index in [1.54, 1.807) is 0 Å². The summed E-state index contributed by atoms with van der Waals surface area (Å²) in [5, 5.41) is 0. The standard InChI is InChI=1S/C19H22N.HI/c1-5-20-14(2)19(3,4)17-13-16(11-12-18(17)20)15-9-7-6-8-10-15;/h6-13H,5H2,1-4H3;1H/q+1;/p-1. The summed E-state index contributed by atoms with van der Waals surface area (Å²) >= 11 is 0. The highest BCUT2D eigenvalue weighted by atomic mass is 127. The normalized spacial score (nSPS) is 15.6. The lowest BCUT2D eigenvalue weighted by atomic mass is 9.81. The van der Waals surface area contributed by atoms with Crippen LogP contribution in [-0.4, -0.2) is 16.8 Å². The van der Waals surface area contributed by atoms with Gasteiger partial charge in [-0.15, -0.1) is 0 Å². The topological polar surface area (TPSA) is 3.01 Å². The first-order valence-electron chi connectivity index (χ1n) is 7.37. The summed E-state index contributed by atoms with van der Waals surface area (Å²) in [4.78, 5) is 0. The number of nitrogens with zero attached hydrogens (tertiary/aromatic N) is 1. The van der Waals surface area contributed by atoms with Gasteiger partial charge in [-0.05, 0) is 44.0 Å². The third kappa shape index (κ3) is 2.54. The fraction of sp³-hybridized carbons (Fsp3) is 0.316. The van der Waals surface area contributed by atoms with Crippen LogP contribution >= 0.6 is 0 Å². The Morgan fingerprint density at radius 1 is 0.952 bits per heavy atom. The van der Waals surface area contributed by atoms with E-state index in [1.165, 1.54) is 28.1 Å². The second-order valence-electron chi connectivity index (χ2n) is 6.05. The highest BCUT2D eigenvalue weighted by Crippen LogP contribution is 2.41. The van der Waals surface area contributed by atoms with Gasteiger partial charge in [-0.25, -0.2) is 0 Å². The van der Waals surface area contributed by atoms with Crippen molar-refractivity contribution in [2.45, 2.75) is 33.1 Å². The van der Waals surface area contributed by atoms with Crippen molar-refractivity contribution in [2.75, 3.05) is 6.54 Å². The first-order valence-corrected chi connectivity index (χ1v) is 7.37. The quantitative estimate of drug-likeness (QED) is 0.543. The average molecular weight is 391 g/mol. The molecular formula is C19H22IN. The molecule has 3 rings (SSSR count). The Labute approximate surface area is 144 Å². The minimum absolute atomic E-state index is 0. The van der Waals surface area contributed by atoms with E-state index < -0.39 is 0 Å². The smallest absolute Gasteiger partial charge is 0.209 e. The van der Waals surface area contributed by atoms with Crippen LogP contribution in [0.1, 0.15) is 33.3 Å². The molecule has 0 saturated heterocycles. The van der Waals surface area contributed by atoms with E-state index in [4.69, 9.17) is 0 Å². The molecule has 1 heterocycles. The largest absolute Gasteiger partial charge is 1.00 e. The van der Waals surface area contributed by atoms with E-state index in [9.17, 15) is 0 Å². The number of hydrogen-bond acceptors (Lipinski definition) is 0. The summed E-state index contributed by atoms with van der Waals surface area (Å²) in [6.07, 6.45) is 0. The molecule has 0 aliphatic carbocycles. The van der Waals surface area contributed by atoms with Crippen molar-refractivity contribution in [1.82, 2.24) is 0 Å². The summed E-state index contributed by atoms with van der Waals surface area (Å²) in [5.74, 6) is 0. The average Bonchev–Trinajstić information content (AvgIpc) is 2.67. The van der Waals surface area contributed by atoms with Crippen molar-refractivity contribution in [3.05, 3.63) is 54.1 Å². The van der Waals surface area contributed by atoms with E-state index in [1.807, 2.05) is 0 Å². The first-order chi connectivity index (χ1) is 9.55. The zero-order valence-corrected chi connectivity index (χ0v) is 15.3. The predicted octanol–water partition coefficient (Wildman–Crippen LogP) is 1.77. The maximum atomic E-state index is 2.43. The Morgan fingerprint density at radius 2 is 1.62 bits per heavy atom. The molecule has 0 N–H and O–H groups in total. The van der Waals surface area contributed by atoms with Gasteiger partial charge in [-0.1, -0.05) is 30.3 Å². The van der Waals surface area contributed by atoms with Gasteiger partial charge in [-0.2, -0.15) is 4.58 Å². The first kappa shape index (κ1) is 16.2. The molecule has 0 radical (unpaired) electrons. The Balaban J connectivity index is 0.00000161. The number of benzene rings is 2. The van der Waals surface area contributed by atoms with E-state index in [0.29, 0.717) is 0 Å². The lowest BCUT2D eigenvalue weighted by Gasteiger charge is -2.15. The molecule has 110 valence electrons. The summed E-state index contributed by atoms with van der Waals surface area (Å²) in [5.41, 5.74) is 6.98. The zero-order valence-electron chi connectivity index (χ0n) is 13.2. The fourth-order valence-electron chi connectivity index (χ4n) is 3.20. The highest BCUT2D eigenvalue weighted by Gasteiger charge is 2.42. The van der Waals surface area contributed by atoms with Gasteiger partial charge in [-0.3, -0.25) is 0 Å². The van der Waals surface area contributed by atoms with Crippen LogP contribution in [0.3, 0.4) is 0 Å². The van der Waals surface area contributed by atoms with Crippen LogP contribution in [-0.2, 0) is 5.41 Å². The van der Waals surface area contributed by atoms with Gasteiger partial charge >= 0.3 is 0 Å². The van der Waals surface area contributed by atoms with Crippen LogP contribution < -0.4 is 24.0 Å². The summed E-state index contributed by atoms with van der Waals surface area (Å²) in [6.45, 7) is 10.2. The summed E-state index contributed by atoms with van der Waals surface area (Å²) < 4.78 is 2.43. The van der Waals surface area contributed by atoms with Gasteiger partial charge in [0.1, 0.15) is 6.54 Å². The maximum absolute atomic E-state index is 2.43. The molecule has 0 atom stereocenters. The van der Waals surface area contributed by atoms with Crippen LogP contribution in [0.25, 0.3) is 11.1 Å². The van der Waals surface area contributed by atoms with Crippen molar-refractivity contribution in [3.8, 4) is 11.1 Å². The Kier molecular flexibility index (Phi) is 4.57. The van der Waals surface area contributed by atoms with Gasteiger partial charge in [0.05, 0.1) is 5.41 Å². The molecule has 0 aromatic heterocycles. The Morgan fingerprint density at radius 3 is 2.24 bits per heavy atom. The highest BCUT2D eigenvalue weighted by molar-refractivity contribution is 5.94. The van der Waals surface area contributed by atoms with Crippen molar-refractivity contribution < 1.29 is 28.6 Å². The number of fused-ring (bicyclic) bond motifs is 1. The molecule has 2 aromatic carbocycles. The molecule has 2 heteroatoms. The third-order valence-corrected chi connectivity index (χ3v) is 4.69. The van der Waals surface area contributed by atoms with Crippen LogP contribution in [0.2, 0.25) is 0 Å². The molecule has 2 aromatic rings. The Bertz CT molecular complexity index is 684. The second-order valence-corrected chi connectivity index (χ2v) is 6.05. The van der Waals surface area contributed by atoms with Crippen molar-refractivity contribution in [3.63, 3.8) is 0 Å². The minimum Gasteiger partial charge on any atom is -1.00 e. The third-order valence-electron chi connectivity index (χ3n) is 4.69. The van der Waals surface area contributed by atoms with Crippen LogP contribution in [0.4, 0.5) is 5.69 Å². The number of halogens is 1. The molecule has 0 amide bonds. The molecule has 0 saturated carbocycles. The molecule has 0 bridgehead atoms. The van der Waals surface area contributed by atoms with E-state index >= 15 is 0 Å². The number of hydrogen-bond donors (Lipinski definition) is 0. The molecule has 0 spiro atoms. The van der Waals surface area contributed by atoms with Gasteiger partial charge in [0, 0.05) is 18.6 Å². The van der Waals surface area contributed by atoms with Crippen molar-refractivity contribution >= 4 is 11.4 Å². The molecule has 0 fully saturated rings. The van der Waals surface area contributed by atoms with Crippen LogP contribution in [0, 0.1) is 0 Å². The lowest BCUT2D eigenvalue weighted by molar-refractivity contribution is -0.434. The minimum atomic E-state index is 0. The molecular weight excluding hydrogens is 369 g/mol. The van der Waals surface area contributed by atoms with Crippen LogP contribution in [0.5, 0.6) is 0 Å². The molecule has 1 aliphatic rings. The predicted molar refractivity (Wildman–Crippen MR) is 86.0 cm³/mol. The van der Waals surface area contributed by atoms with Gasteiger partial charge in [0.2, 0.25) is 5.69 Å². The van der Waals surface area contributed by atoms with Gasteiger partial charge in [0.15, 0.2) is 5.71 Å². The van der Waals surface area contributed by atoms with E-state index in [0.717, 1.165) is 6.54 Å². The molecule has 1 aliphatic heterocycles. The molecule has 0 unspecified atom stereocenters. The summed E-state index contributed by atoms with van der Waals surface area (Å²) in [7, 11) is 0. The monoisotopic (exact) mass is 391 g/mol. The van der Waals surface area contributed by atoms with Crippen LogP contribution in [0.15, 0.2) is 48.5 Å². The van der Waals surface area contributed by atoms with Crippen molar-refractivity contribution in [1.29, 1.82) is 0 Å².